The molecule has 21 heavy (non-hydrogen) atoms. The van der Waals surface area contributed by atoms with Crippen LogP contribution in [-0.2, 0) is 0 Å². The molecule has 2 atom stereocenters. The van der Waals surface area contributed by atoms with Crippen LogP contribution in [0.1, 0.15) is 36.4 Å². The molecule has 0 aliphatic carbocycles. The van der Waals surface area contributed by atoms with E-state index in [1.165, 1.54) is 0 Å². The maximum atomic E-state index is 12.0. The van der Waals surface area contributed by atoms with E-state index in [2.05, 4.69) is 10.6 Å². The Morgan fingerprint density at radius 3 is 2.48 bits per heavy atom. The Balaban J connectivity index is 1.96. The molecule has 0 saturated heterocycles. The van der Waals surface area contributed by atoms with E-state index >= 15 is 0 Å². The van der Waals surface area contributed by atoms with Gasteiger partial charge >= 0.3 is 6.03 Å². The number of urea groups is 1. The Hall–Kier alpha value is -1.23. The summed E-state index contributed by atoms with van der Waals surface area (Å²) in [6, 6.07) is 8.74. The molecule has 2 N–H and O–H groups in total. The van der Waals surface area contributed by atoms with Crippen LogP contribution in [0.3, 0.4) is 0 Å². The summed E-state index contributed by atoms with van der Waals surface area (Å²) < 4.78 is 0. The summed E-state index contributed by atoms with van der Waals surface area (Å²) in [5.74, 6) is 0. The van der Waals surface area contributed by atoms with E-state index in [0.717, 1.165) is 10.4 Å². The second kappa shape index (κ2) is 7.16. The minimum absolute atomic E-state index is 0.0297. The number of carbonyl (C=O) groups excluding carboxylic acids is 1. The first-order valence-electron chi connectivity index (χ1n) is 6.52. The number of rotatable bonds is 4. The number of thiophene rings is 1. The fourth-order valence-corrected chi connectivity index (χ4v) is 3.28. The van der Waals surface area contributed by atoms with Gasteiger partial charge in [0.15, 0.2) is 0 Å². The molecule has 0 radical (unpaired) electrons. The third-order valence-electron chi connectivity index (χ3n) is 3.09. The highest BCUT2D eigenvalue weighted by molar-refractivity contribution is 7.10. The Bertz CT molecular complexity index is 616. The van der Waals surface area contributed by atoms with Crippen molar-refractivity contribution >= 4 is 40.6 Å². The van der Waals surface area contributed by atoms with Crippen LogP contribution in [-0.4, -0.2) is 6.03 Å². The first-order chi connectivity index (χ1) is 9.97. The van der Waals surface area contributed by atoms with Crippen LogP contribution in [0.4, 0.5) is 4.79 Å². The second-order valence-electron chi connectivity index (χ2n) is 4.74. The maximum absolute atomic E-state index is 12.0. The number of hydrogen-bond donors (Lipinski definition) is 2. The first-order valence-corrected chi connectivity index (χ1v) is 8.16. The molecule has 2 rings (SSSR count). The fraction of sp³-hybridized carbons (Fsp3) is 0.267. The van der Waals surface area contributed by atoms with Crippen molar-refractivity contribution in [3.05, 3.63) is 56.2 Å². The quantitative estimate of drug-likeness (QED) is 0.789. The summed E-state index contributed by atoms with van der Waals surface area (Å²) in [7, 11) is 0. The zero-order chi connectivity index (χ0) is 15.4. The lowest BCUT2D eigenvalue weighted by atomic mass is 10.1. The van der Waals surface area contributed by atoms with Gasteiger partial charge in [-0.15, -0.1) is 11.3 Å². The predicted molar refractivity (Wildman–Crippen MR) is 89.3 cm³/mol. The minimum atomic E-state index is -0.227. The largest absolute Gasteiger partial charge is 0.332 e. The Morgan fingerprint density at radius 2 is 1.86 bits per heavy atom. The molecule has 0 spiro atoms. The SMILES string of the molecule is C[C@H](NC(=O)N[C@H](C)c1ccc(Cl)cc1Cl)c1cccs1. The molecule has 3 nitrogen and oxygen atoms in total. The molecule has 1 aromatic heterocycles. The van der Waals surface area contributed by atoms with Crippen LogP contribution in [0, 0.1) is 0 Å². The third-order valence-corrected chi connectivity index (χ3v) is 4.71. The van der Waals surface area contributed by atoms with Gasteiger partial charge in [0.05, 0.1) is 12.1 Å². The Labute approximate surface area is 138 Å². The zero-order valence-corrected chi connectivity index (χ0v) is 14.0. The molecule has 0 bridgehead atoms. The predicted octanol–water partition coefficient (Wildman–Crippen LogP) is 5.18. The van der Waals surface area contributed by atoms with Crippen LogP contribution < -0.4 is 10.6 Å². The number of carbonyl (C=O) groups is 1. The molecule has 0 unspecified atom stereocenters. The van der Waals surface area contributed by atoms with Crippen LogP contribution in [0.2, 0.25) is 10.0 Å². The van der Waals surface area contributed by atoms with Gasteiger partial charge in [-0.05, 0) is 43.0 Å². The number of nitrogens with one attached hydrogen (secondary N) is 2. The van der Waals surface area contributed by atoms with Crippen molar-refractivity contribution in [3.8, 4) is 0 Å². The van der Waals surface area contributed by atoms with Crippen molar-refractivity contribution in [2.45, 2.75) is 25.9 Å². The number of hydrogen-bond acceptors (Lipinski definition) is 2. The third kappa shape index (κ3) is 4.37. The lowest BCUT2D eigenvalue weighted by Gasteiger charge is -2.18. The van der Waals surface area contributed by atoms with Crippen molar-refractivity contribution in [1.29, 1.82) is 0 Å². The van der Waals surface area contributed by atoms with E-state index < -0.39 is 0 Å². The molecule has 1 heterocycles. The zero-order valence-electron chi connectivity index (χ0n) is 11.7. The van der Waals surface area contributed by atoms with E-state index in [0.29, 0.717) is 10.0 Å². The van der Waals surface area contributed by atoms with E-state index in [4.69, 9.17) is 23.2 Å². The second-order valence-corrected chi connectivity index (χ2v) is 6.57. The van der Waals surface area contributed by atoms with Gasteiger partial charge in [0, 0.05) is 14.9 Å². The normalized spacial score (nSPS) is 13.5. The molecule has 2 amide bonds. The van der Waals surface area contributed by atoms with Crippen molar-refractivity contribution in [2.75, 3.05) is 0 Å². The topological polar surface area (TPSA) is 41.1 Å². The highest BCUT2D eigenvalue weighted by Gasteiger charge is 2.15. The van der Waals surface area contributed by atoms with Crippen LogP contribution in [0.15, 0.2) is 35.7 Å². The molecule has 0 aliphatic heterocycles. The van der Waals surface area contributed by atoms with E-state index in [-0.39, 0.29) is 18.1 Å². The monoisotopic (exact) mass is 342 g/mol. The average molecular weight is 343 g/mol. The minimum Gasteiger partial charge on any atom is -0.332 e. The van der Waals surface area contributed by atoms with Gasteiger partial charge in [-0.25, -0.2) is 4.79 Å². The number of amides is 2. The van der Waals surface area contributed by atoms with Crippen molar-refractivity contribution in [2.24, 2.45) is 0 Å². The molecule has 2 aromatic rings. The summed E-state index contributed by atoms with van der Waals surface area (Å²) in [4.78, 5) is 13.1. The molecule has 0 aliphatic rings. The number of halogens is 2. The van der Waals surface area contributed by atoms with E-state index in [9.17, 15) is 4.79 Å². The Morgan fingerprint density at radius 1 is 1.14 bits per heavy atom. The standard InChI is InChI=1S/C15H16Cl2N2OS/c1-9(12-6-5-11(16)8-13(12)17)18-15(20)19-10(2)14-4-3-7-21-14/h3-10H,1-2H3,(H2,18,19,20)/t9-,10+/m1/s1. The fourth-order valence-electron chi connectivity index (χ4n) is 1.97. The van der Waals surface area contributed by atoms with Crippen LogP contribution in [0.5, 0.6) is 0 Å². The first kappa shape index (κ1) is 16.1. The highest BCUT2D eigenvalue weighted by atomic mass is 35.5. The van der Waals surface area contributed by atoms with E-state index in [1.54, 1.807) is 23.5 Å². The van der Waals surface area contributed by atoms with Gasteiger partial charge in [0.2, 0.25) is 0 Å². The summed E-state index contributed by atoms with van der Waals surface area (Å²) in [5, 5.41) is 8.89. The van der Waals surface area contributed by atoms with E-state index in [1.807, 2.05) is 37.4 Å². The lowest BCUT2D eigenvalue weighted by Crippen LogP contribution is -2.38. The van der Waals surface area contributed by atoms with Gasteiger partial charge in [-0.3, -0.25) is 0 Å². The molecule has 112 valence electrons. The molecular weight excluding hydrogens is 327 g/mol. The summed E-state index contributed by atoms with van der Waals surface area (Å²) in [5.41, 5.74) is 0.833. The van der Waals surface area contributed by atoms with Crippen molar-refractivity contribution in [1.82, 2.24) is 10.6 Å². The van der Waals surface area contributed by atoms with Crippen molar-refractivity contribution in [3.63, 3.8) is 0 Å². The molecule has 0 fully saturated rings. The van der Waals surface area contributed by atoms with Crippen LogP contribution in [0.25, 0.3) is 0 Å². The molecule has 0 saturated carbocycles. The Kier molecular flexibility index (Phi) is 5.51. The molecule has 1 aromatic carbocycles. The molecular formula is C15H16Cl2N2OS. The number of benzene rings is 1. The molecule has 6 heteroatoms. The average Bonchev–Trinajstić information content (AvgIpc) is 2.91. The van der Waals surface area contributed by atoms with Crippen LogP contribution >= 0.6 is 34.5 Å². The van der Waals surface area contributed by atoms with Gasteiger partial charge in [0.25, 0.3) is 0 Å². The summed E-state index contributed by atoms with van der Waals surface area (Å²) >= 11 is 13.6. The van der Waals surface area contributed by atoms with Gasteiger partial charge in [-0.1, -0.05) is 35.3 Å². The van der Waals surface area contributed by atoms with Gasteiger partial charge < -0.3 is 10.6 Å². The lowest BCUT2D eigenvalue weighted by molar-refractivity contribution is 0.235. The van der Waals surface area contributed by atoms with Crippen molar-refractivity contribution < 1.29 is 4.79 Å². The van der Waals surface area contributed by atoms with Gasteiger partial charge in [-0.2, -0.15) is 0 Å². The highest BCUT2D eigenvalue weighted by Crippen LogP contribution is 2.26. The maximum Gasteiger partial charge on any atom is 0.315 e. The summed E-state index contributed by atoms with van der Waals surface area (Å²) in [6.45, 7) is 3.83. The summed E-state index contributed by atoms with van der Waals surface area (Å²) in [6.07, 6.45) is 0. The smallest absolute Gasteiger partial charge is 0.315 e. The van der Waals surface area contributed by atoms with Gasteiger partial charge in [0.1, 0.15) is 0 Å².